The maximum absolute atomic E-state index is 13.5. The van der Waals surface area contributed by atoms with Gasteiger partial charge in [-0.3, -0.25) is 4.79 Å². The fourth-order valence-corrected chi connectivity index (χ4v) is 1.82. The Morgan fingerprint density at radius 3 is 2.24 bits per heavy atom. The van der Waals surface area contributed by atoms with E-state index in [-0.39, 0.29) is 13.0 Å². The lowest BCUT2D eigenvalue weighted by molar-refractivity contribution is 0.0879. The largest absolute Gasteiger partial charge is 0.396 e. The van der Waals surface area contributed by atoms with Crippen molar-refractivity contribution in [1.82, 2.24) is 5.32 Å². The second-order valence-electron chi connectivity index (χ2n) is 5.75. The molecule has 1 aromatic rings. The Morgan fingerprint density at radius 1 is 1.19 bits per heavy atom. The molecule has 2 N–H and O–H groups in total. The number of rotatable bonds is 4. The first-order valence-electron chi connectivity index (χ1n) is 6.34. The van der Waals surface area contributed by atoms with E-state index in [1.165, 1.54) is 0 Å². The topological polar surface area (TPSA) is 49.3 Å². The number of hydrogen-bond acceptors (Lipinski definition) is 2. The van der Waals surface area contributed by atoms with Crippen LogP contribution in [0.5, 0.6) is 0 Å². The zero-order valence-corrected chi connectivity index (χ0v) is 11.9. The summed E-state index contributed by atoms with van der Waals surface area (Å²) in [6.45, 7) is 5.10. The van der Waals surface area contributed by atoms with Crippen LogP contribution in [0.2, 0.25) is 0 Å². The van der Waals surface area contributed by atoms with Crippen LogP contribution in [0, 0.1) is 28.7 Å². The molecule has 0 saturated heterocycles. The first-order chi connectivity index (χ1) is 9.59. The van der Waals surface area contributed by atoms with Crippen molar-refractivity contribution in [2.75, 3.05) is 6.61 Å². The lowest BCUT2D eigenvalue weighted by atomic mass is 9.84. The van der Waals surface area contributed by atoms with Crippen LogP contribution in [0.4, 0.5) is 17.6 Å². The molecule has 0 bridgehead atoms. The molecular weight excluding hydrogens is 290 g/mol. The molecule has 1 rings (SSSR count). The number of hydrogen-bond donors (Lipinski definition) is 2. The lowest BCUT2D eigenvalue weighted by Gasteiger charge is -2.31. The number of benzene rings is 1. The SMILES string of the molecule is CC(C)(C)C(CCO)NC(=O)c1cc(F)c(F)c(F)c1F. The van der Waals surface area contributed by atoms with Crippen molar-refractivity contribution in [2.24, 2.45) is 5.41 Å². The quantitative estimate of drug-likeness (QED) is 0.510. The van der Waals surface area contributed by atoms with E-state index in [0.717, 1.165) is 0 Å². The Hall–Kier alpha value is -1.63. The fraction of sp³-hybridized carbons (Fsp3) is 0.500. The zero-order chi connectivity index (χ0) is 16.4. The van der Waals surface area contributed by atoms with Crippen molar-refractivity contribution in [3.8, 4) is 0 Å². The van der Waals surface area contributed by atoms with Gasteiger partial charge >= 0.3 is 0 Å². The summed E-state index contributed by atoms with van der Waals surface area (Å²) in [7, 11) is 0. The van der Waals surface area contributed by atoms with Crippen molar-refractivity contribution in [3.05, 3.63) is 34.9 Å². The number of carbonyl (C=O) groups excluding carboxylic acids is 1. The Kier molecular flexibility index (Phi) is 5.33. The van der Waals surface area contributed by atoms with Crippen molar-refractivity contribution in [3.63, 3.8) is 0 Å². The van der Waals surface area contributed by atoms with Gasteiger partial charge in [0.15, 0.2) is 23.3 Å². The van der Waals surface area contributed by atoms with E-state index in [1.54, 1.807) is 20.8 Å². The Bertz CT molecular complexity index is 541. The van der Waals surface area contributed by atoms with Gasteiger partial charge in [0, 0.05) is 12.6 Å². The van der Waals surface area contributed by atoms with E-state index in [0.29, 0.717) is 6.07 Å². The third-order valence-corrected chi connectivity index (χ3v) is 3.12. The Balaban J connectivity index is 3.09. The summed E-state index contributed by atoms with van der Waals surface area (Å²) in [5, 5.41) is 11.4. The maximum atomic E-state index is 13.5. The first-order valence-corrected chi connectivity index (χ1v) is 6.34. The van der Waals surface area contributed by atoms with E-state index in [1.807, 2.05) is 0 Å². The van der Waals surface area contributed by atoms with E-state index in [4.69, 9.17) is 5.11 Å². The zero-order valence-electron chi connectivity index (χ0n) is 11.9. The Labute approximate surface area is 120 Å². The van der Waals surface area contributed by atoms with E-state index in [9.17, 15) is 22.4 Å². The number of aliphatic hydroxyl groups excluding tert-OH is 1. The normalized spacial score (nSPS) is 13.1. The smallest absolute Gasteiger partial charge is 0.254 e. The molecule has 21 heavy (non-hydrogen) atoms. The molecule has 0 aliphatic rings. The van der Waals surface area contributed by atoms with Crippen molar-refractivity contribution < 1.29 is 27.5 Å². The molecule has 118 valence electrons. The summed E-state index contributed by atoms with van der Waals surface area (Å²) >= 11 is 0. The predicted molar refractivity (Wildman–Crippen MR) is 68.7 cm³/mol. The minimum Gasteiger partial charge on any atom is -0.396 e. The van der Waals surface area contributed by atoms with E-state index >= 15 is 0 Å². The average Bonchev–Trinajstić information content (AvgIpc) is 2.38. The number of amides is 1. The summed E-state index contributed by atoms with van der Waals surface area (Å²) in [6, 6.07) is -0.243. The van der Waals surface area contributed by atoms with Crippen LogP contribution in [0.15, 0.2) is 6.07 Å². The molecule has 0 aliphatic carbocycles. The molecule has 0 heterocycles. The number of aliphatic hydroxyl groups is 1. The van der Waals surface area contributed by atoms with Gasteiger partial charge in [0.1, 0.15) is 0 Å². The molecular formula is C14H17F4NO2. The number of halogens is 4. The molecule has 0 saturated carbocycles. The highest BCUT2D eigenvalue weighted by Gasteiger charge is 2.29. The van der Waals surface area contributed by atoms with E-state index < -0.39 is 46.2 Å². The monoisotopic (exact) mass is 307 g/mol. The summed E-state index contributed by atoms with van der Waals surface area (Å²) in [5.41, 5.74) is -1.38. The van der Waals surface area contributed by atoms with Gasteiger partial charge in [-0.05, 0) is 17.9 Å². The van der Waals surface area contributed by atoms with Gasteiger partial charge in [-0.1, -0.05) is 20.8 Å². The van der Waals surface area contributed by atoms with Gasteiger partial charge in [-0.2, -0.15) is 0 Å². The highest BCUT2D eigenvalue weighted by Crippen LogP contribution is 2.23. The summed E-state index contributed by atoms with van der Waals surface area (Å²) in [5.74, 6) is -8.46. The number of nitrogens with one attached hydrogen (secondary N) is 1. The van der Waals surface area contributed by atoms with Crippen LogP contribution >= 0.6 is 0 Å². The van der Waals surface area contributed by atoms with Gasteiger partial charge in [0.05, 0.1) is 5.56 Å². The molecule has 3 nitrogen and oxygen atoms in total. The molecule has 0 radical (unpaired) electrons. The third-order valence-electron chi connectivity index (χ3n) is 3.12. The van der Waals surface area contributed by atoms with Crippen LogP contribution in [-0.4, -0.2) is 23.7 Å². The van der Waals surface area contributed by atoms with Gasteiger partial charge in [0.25, 0.3) is 5.91 Å². The van der Waals surface area contributed by atoms with Crippen molar-refractivity contribution >= 4 is 5.91 Å². The van der Waals surface area contributed by atoms with E-state index in [2.05, 4.69) is 5.32 Å². The molecule has 0 fully saturated rings. The lowest BCUT2D eigenvalue weighted by Crippen LogP contribution is -2.44. The van der Waals surface area contributed by atoms with Gasteiger partial charge in [-0.25, -0.2) is 17.6 Å². The molecule has 0 aliphatic heterocycles. The fourth-order valence-electron chi connectivity index (χ4n) is 1.82. The van der Waals surface area contributed by atoms with Crippen LogP contribution in [0.1, 0.15) is 37.6 Å². The van der Waals surface area contributed by atoms with Crippen LogP contribution in [0.3, 0.4) is 0 Å². The minimum absolute atomic E-state index is 0.184. The maximum Gasteiger partial charge on any atom is 0.254 e. The second kappa shape index (κ2) is 6.43. The molecule has 1 atom stereocenters. The van der Waals surface area contributed by atoms with Crippen molar-refractivity contribution in [1.29, 1.82) is 0 Å². The Morgan fingerprint density at radius 2 is 1.76 bits per heavy atom. The highest BCUT2D eigenvalue weighted by molar-refractivity contribution is 5.94. The number of carbonyl (C=O) groups is 1. The standard InChI is InChI=1S/C14H17F4NO2/c1-14(2,3)9(4-5-20)19-13(21)7-6-8(15)11(17)12(18)10(7)16/h6,9,20H,4-5H2,1-3H3,(H,19,21). The van der Waals surface area contributed by atoms with Crippen molar-refractivity contribution in [2.45, 2.75) is 33.2 Å². The second-order valence-corrected chi connectivity index (χ2v) is 5.75. The third kappa shape index (κ3) is 3.93. The van der Waals surface area contributed by atoms with Crippen LogP contribution < -0.4 is 5.32 Å². The molecule has 1 aromatic carbocycles. The summed E-state index contributed by atoms with van der Waals surface area (Å²) < 4.78 is 52.6. The highest BCUT2D eigenvalue weighted by atomic mass is 19.2. The van der Waals surface area contributed by atoms with Crippen LogP contribution in [0.25, 0.3) is 0 Å². The van der Waals surface area contributed by atoms with Gasteiger partial charge in [0.2, 0.25) is 0 Å². The predicted octanol–water partition coefficient (Wildman–Crippen LogP) is 2.77. The molecule has 1 amide bonds. The molecule has 1 unspecified atom stereocenters. The van der Waals surface area contributed by atoms with Crippen LogP contribution in [-0.2, 0) is 0 Å². The average molecular weight is 307 g/mol. The summed E-state index contributed by atoms with van der Waals surface area (Å²) in [4.78, 5) is 11.9. The van der Waals surface area contributed by atoms with Gasteiger partial charge in [-0.15, -0.1) is 0 Å². The molecule has 7 heteroatoms. The van der Waals surface area contributed by atoms with Gasteiger partial charge < -0.3 is 10.4 Å². The summed E-state index contributed by atoms with van der Waals surface area (Å²) in [6.07, 6.45) is 0.184. The molecule has 0 aromatic heterocycles. The first kappa shape index (κ1) is 17.4. The minimum atomic E-state index is -2.03. The molecule has 0 spiro atoms.